The maximum absolute atomic E-state index is 5.88. The molecule has 0 aliphatic carbocycles. The Morgan fingerprint density at radius 1 is 1.47 bits per heavy atom. The van der Waals surface area contributed by atoms with Crippen molar-refractivity contribution >= 4 is 22.9 Å². The van der Waals surface area contributed by atoms with Gasteiger partial charge in [0.2, 0.25) is 0 Å². The van der Waals surface area contributed by atoms with Gasteiger partial charge in [0.25, 0.3) is 0 Å². The first-order valence-electron chi connectivity index (χ1n) is 5.21. The van der Waals surface area contributed by atoms with Crippen molar-refractivity contribution in [3.8, 4) is 0 Å². The van der Waals surface area contributed by atoms with Crippen LogP contribution in [0.3, 0.4) is 0 Å². The van der Waals surface area contributed by atoms with Crippen LogP contribution in [0.2, 0.25) is 4.34 Å². The second-order valence-corrected chi connectivity index (χ2v) is 5.26. The molecule has 1 aromatic rings. The fraction of sp³-hybridized carbons (Fsp3) is 0.636. The van der Waals surface area contributed by atoms with Gasteiger partial charge in [-0.25, -0.2) is 0 Å². The first kappa shape index (κ1) is 13.0. The largest absolute Gasteiger partial charge is 0.385 e. The SMILES string of the molecule is COCCCCNC(C)c1ccc(Cl)s1. The van der Waals surface area contributed by atoms with E-state index in [1.807, 2.05) is 6.07 Å². The molecule has 15 heavy (non-hydrogen) atoms. The zero-order valence-corrected chi connectivity index (χ0v) is 10.8. The summed E-state index contributed by atoms with van der Waals surface area (Å²) in [5.41, 5.74) is 0. The lowest BCUT2D eigenvalue weighted by Crippen LogP contribution is -2.19. The van der Waals surface area contributed by atoms with Crippen LogP contribution < -0.4 is 5.32 Å². The molecular weight excluding hydrogens is 230 g/mol. The number of methoxy groups -OCH3 is 1. The highest BCUT2D eigenvalue weighted by Gasteiger charge is 2.06. The molecule has 0 radical (unpaired) electrons. The lowest BCUT2D eigenvalue weighted by molar-refractivity contribution is 0.192. The van der Waals surface area contributed by atoms with Crippen molar-refractivity contribution in [1.29, 1.82) is 0 Å². The van der Waals surface area contributed by atoms with E-state index < -0.39 is 0 Å². The molecule has 0 aromatic carbocycles. The summed E-state index contributed by atoms with van der Waals surface area (Å²) in [4.78, 5) is 1.30. The van der Waals surface area contributed by atoms with Crippen molar-refractivity contribution in [2.75, 3.05) is 20.3 Å². The molecule has 1 N–H and O–H groups in total. The van der Waals surface area contributed by atoms with E-state index in [1.54, 1.807) is 18.4 Å². The minimum Gasteiger partial charge on any atom is -0.385 e. The van der Waals surface area contributed by atoms with E-state index in [0.29, 0.717) is 6.04 Å². The zero-order chi connectivity index (χ0) is 11.1. The molecular formula is C11H18ClNOS. The maximum Gasteiger partial charge on any atom is 0.0931 e. The van der Waals surface area contributed by atoms with E-state index in [1.165, 1.54) is 4.88 Å². The normalized spacial score (nSPS) is 13.0. The van der Waals surface area contributed by atoms with E-state index in [-0.39, 0.29) is 0 Å². The molecule has 0 aliphatic rings. The molecule has 2 nitrogen and oxygen atoms in total. The summed E-state index contributed by atoms with van der Waals surface area (Å²) in [6, 6.07) is 4.43. The second-order valence-electron chi connectivity index (χ2n) is 3.52. The quantitative estimate of drug-likeness (QED) is 0.745. The molecule has 1 heterocycles. The summed E-state index contributed by atoms with van der Waals surface area (Å²) in [7, 11) is 1.74. The number of hydrogen-bond donors (Lipinski definition) is 1. The summed E-state index contributed by atoms with van der Waals surface area (Å²) in [5.74, 6) is 0. The van der Waals surface area contributed by atoms with Gasteiger partial charge in [-0.15, -0.1) is 11.3 Å². The summed E-state index contributed by atoms with van der Waals surface area (Å²) >= 11 is 7.52. The summed E-state index contributed by atoms with van der Waals surface area (Å²) in [5, 5.41) is 3.47. The topological polar surface area (TPSA) is 21.3 Å². The Kier molecular flexibility index (Phi) is 6.25. The molecule has 1 unspecified atom stereocenters. The molecule has 86 valence electrons. The Hall–Kier alpha value is -0.0900. The van der Waals surface area contributed by atoms with Crippen molar-refractivity contribution in [3.05, 3.63) is 21.3 Å². The predicted octanol–water partition coefficient (Wildman–Crippen LogP) is 3.48. The Morgan fingerprint density at radius 3 is 2.87 bits per heavy atom. The van der Waals surface area contributed by atoms with Gasteiger partial charge in [-0.2, -0.15) is 0 Å². The average molecular weight is 248 g/mol. The summed E-state index contributed by atoms with van der Waals surface area (Å²) in [6.45, 7) is 4.04. The lowest BCUT2D eigenvalue weighted by Gasteiger charge is -2.11. The maximum atomic E-state index is 5.88. The molecule has 0 spiro atoms. The molecule has 1 atom stereocenters. The van der Waals surface area contributed by atoms with Crippen molar-refractivity contribution < 1.29 is 4.74 Å². The van der Waals surface area contributed by atoms with E-state index in [4.69, 9.17) is 16.3 Å². The van der Waals surface area contributed by atoms with E-state index >= 15 is 0 Å². The zero-order valence-electron chi connectivity index (χ0n) is 9.25. The highest BCUT2D eigenvalue weighted by atomic mass is 35.5. The van der Waals surface area contributed by atoms with Gasteiger partial charge in [0.05, 0.1) is 4.34 Å². The second kappa shape index (κ2) is 7.23. The summed E-state index contributed by atoms with van der Waals surface area (Å²) < 4.78 is 5.85. The van der Waals surface area contributed by atoms with Crippen LogP contribution in [-0.2, 0) is 4.74 Å². The number of nitrogens with one attached hydrogen (secondary N) is 1. The summed E-state index contributed by atoms with van der Waals surface area (Å²) in [6.07, 6.45) is 2.26. The molecule has 0 bridgehead atoms. The lowest BCUT2D eigenvalue weighted by atomic mass is 10.2. The molecule has 0 amide bonds. The van der Waals surface area contributed by atoms with Crippen LogP contribution in [0.1, 0.15) is 30.7 Å². The third-order valence-corrected chi connectivity index (χ3v) is 3.66. The third-order valence-electron chi connectivity index (χ3n) is 2.25. The number of halogens is 1. The molecule has 4 heteroatoms. The van der Waals surface area contributed by atoms with E-state index in [2.05, 4.69) is 18.3 Å². The van der Waals surface area contributed by atoms with E-state index in [0.717, 1.165) is 30.3 Å². The number of hydrogen-bond acceptors (Lipinski definition) is 3. The van der Waals surface area contributed by atoms with Crippen molar-refractivity contribution in [1.82, 2.24) is 5.32 Å². The van der Waals surface area contributed by atoms with Gasteiger partial charge < -0.3 is 10.1 Å². The van der Waals surface area contributed by atoms with Gasteiger partial charge in [0.1, 0.15) is 0 Å². The first-order valence-corrected chi connectivity index (χ1v) is 6.41. The van der Waals surface area contributed by atoms with Gasteiger partial charge in [0.15, 0.2) is 0 Å². The Morgan fingerprint density at radius 2 is 2.27 bits per heavy atom. The molecule has 1 rings (SSSR count). The number of unbranched alkanes of at least 4 members (excludes halogenated alkanes) is 1. The predicted molar refractivity (Wildman–Crippen MR) is 66.9 cm³/mol. The van der Waals surface area contributed by atoms with Crippen LogP contribution in [0, 0.1) is 0 Å². The van der Waals surface area contributed by atoms with Gasteiger partial charge in [-0.3, -0.25) is 0 Å². The van der Waals surface area contributed by atoms with Crippen LogP contribution in [-0.4, -0.2) is 20.3 Å². The first-order chi connectivity index (χ1) is 7.24. The smallest absolute Gasteiger partial charge is 0.0931 e. The van der Waals surface area contributed by atoms with Crippen molar-refractivity contribution in [2.24, 2.45) is 0 Å². The molecule has 1 aromatic heterocycles. The monoisotopic (exact) mass is 247 g/mol. The van der Waals surface area contributed by atoms with Crippen molar-refractivity contribution in [2.45, 2.75) is 25.8 Å². The van der Waals surface area contributed by atoms with Gasteiger partial charge >= 0.3 is 0 Å². The minimum atomic E-state index is 0.394. The minimum absolute atomic E-state index is 0.394. The van der Waals surface area contributed by atoms with E-state index in [9.17, 15) is 0 Å². The van der Waals surface area contributed by atoms with Crippen LogP contribution in [0.4, 0.5) is 0 Å². The third kappa shape index (κ3) is 4.98. The molecule has 0 saturated heterocycles. The molecule has 0 fully saturated rings. The van der Waals surface area contributed by atoms with Crippen LogP contribution in [0.5, 0.6) is 0 Å². The Labute approximate surface area is 101 Å². The van der Waals surface area contributed by atoms with Crippen LogP contribution in [0.15, 0.2) is 12.1 Å². The van der Waals surface area contributed by atoms with Crippen LogP contribution >= 0.6 is 22.9 Å². The Bertz CT molecular complexity index is 277. The standard InChI is InChI=1S/C11H18ClNOS/c1-9(10-5-6-11(12)15-10)13-7-3-4-8-14-2/h5-6,9,13H,3-4,7-8H2,1-2H3. The van der Waals surface area contributed by atoms with Gasteiger partial charge in [0, 0.05) is 24.6 Å². The number of ether oxygens (including phenoxy) is 1. The molecule has 0 saturated carbocycles. The fourth-order valence-electron chi connectivity index (χ4n) is 1.35. The van der Waals surface area contributed by atoms with Gasteiger partial charge in [-0.05, 0) is 38.4 Å². The number of thiophene rings is 1. The highest BCUT2D eigenvalue weighted by molar-refractivity contribution is 7.16. The molecule has 0 aliphatic heterocycles. The fourth-order valence-corrected chi connectivity index (χ4v) is 2.44. The van der Waals surface area contributed by atoms with Crippen LogP contribution in [0.25, 0.3) is 0 Å². The highest BCUT2D eigenvalue weighted by Crippen LogP contribution is 2.26. The van der Waals surface area contributed by atoms with Gasteiger partial charge in [-0.1, -0.05) is 11.6 Å². The Balaban J connectivity index is 2.16. The average Bonchev–Trinajstić information content (AvgIpc) is 2.64. The van der Waals surface area contributed by atoms with Crippen molar-refractivity contribution in [3.63, 3.8) is 0 Å². The number of rotatable bonds is 7.